The van der Waals surface area contributed by atoms with Gasteiger partial charge in [0.25, 0.3) is 0 Å². The number of rotatable bonds is 5. The fraction of sp³-hybridized carbons (Fsp3) is 0. The molecule has 0 spiro atoms. The molecule has 3 rings (SSSR count). The monoisotopic (exact) mass is 389 g/mol. The van der Waals surface area contributed by atoms with Crippen molar-refractivity contribution in [3.05, 3.63) is 77.1 Å². The Hall–Kier alpha value is -4.14. The average Bonchev–Trinajstić information content (AvgIpc) is 2.68. The average molecular weight is 389 g/mol. The summed E-state index contributed by atoms with van der Waals surface area (Å²) in [5.41, 5.74) is 7.32. The molecule has 0 unspecified atom stereocenters. The number of carbonyl (C=O) groups excluding carboxylic acids is 2. The molecule has 2 aromatic carbocycles. The first kappa shape index (κ1) is 19.6. The fourth-order valence-electron chi connectivity index (χ4n) is 2.54. The normalized spacial score (nSPS) is 10.1. The summed E-state index contributed by atoms with van der Waals surface area (Å²) >= 11 is 0. The number of phenolic OH excluding ortho intramolecular Hbond substituents is 1. The quantitative estimate of drug-likeness (QED) is 0.425. The van der Waals surface area contributed by atoms with Crippen molar-refractivity contribution in [1.82, 2.24) is 0 Å². The van der Waals surface area contributed by atoms with Crippen LogP contribution in [0.1, 0.15) is 31.0 Å². The number of hydrogen-bond donors (Lipinski definition) is 5. The fourth-order valence-corrected chi connectivity index (χ4v) is 2.54. The van der Waals surface area contributed by atoms with Crippen molar-refractivity contribution in [2.75, 3.05) is 16.4 Å². The predicted molar refractivity (Wildman–Crippen MR) is 110 cm³/mol. The number of hydrogen-bond acceptors (Lipinski definition) is 5. The van der Waals surface area contributed by atoms with Crippen LogP contribution >= 0.6 is 0 Å². The molecule has 3 aromatic rings. The van der Waals surface area contributed by atoms with E-state index in [1.54, 1.807) is 12.0 Å². The number of amides is 2. The van der Waals surface area contributed by atoms with Gasteiger partial charge in [0.2, 0.25) is 0 Å². The number of nitrogens with two attached hydrogens (primary N) is 1. The van der Waals surface area contributed by atoms with E-state index in [-0.39, 0.29) is 22.8 Å². The van der Waals surface area contributed by atoms with Gasteiger partial charge in [-0.05, 0) is 0 Å². The number of carbonyl (C=O) groups is 3. The van der Waals surface area contributed by atoms with E-state index in [0.29, 0.717) is 22.5 Å². The Kier molecular flexibility index (Phi) is 5.59. The van der Waals surface area contributed by atoms with Gasteiger partial charge in [-0.2, -0.15) is 0 Å². The SMILES string of the molecule is Nc1ccc(C(=O)Nc2cbc(C(=O)Nc3ccc(C(=O)O)cc3)cc2)c(O)c1. The van der Waals surface area contributed by atoms with Crippen LogP contribution in [0.25, 0.3) is 0 Å². The first-order valence-corrected chi connectivity index (χ1v) is 8.48. The molecule has 1 heterocycles. The molecule has 6 N–H and O–H groups in total. The van der Waals surface area contributed by atoms with Gasteiger partial charge in [0, 0.05) is 0 Å². The van der Waals surface area contributed by atoms with Crippen molar-refractivity contribution in [3.8, 4) is 5.75 Å². The van der Waals surface area contributed by atoms with Crippen LogP contribution in [0, 0.1) is 0 Å². The Morgan fingerprint density at radius 3 is 2.10 bits per heavy atom. The number of phenols is 1. The summed E-state index contributed by atoms with van der Waals surface area (Å²) in [6.45, 7) is 1.53. The third kappa shape index (κ3) is 4.78. The van der Waals surface area contributed by atoms with Crippen LogP contribution in [0.4, 0.5) is 17.1 Å². The van der Waals surface area contributed by atoms with Crippen molar-refractivity contribution in [2.24, 2.45) is 0 Å². The molecule has 29 heavy (non-hydrogen) atoms. The second-order valence-electron chi connectivity index (χ2n) is 6.14. The zero-order valence-electron chi connectivity index (χ0n) is 15.0. The van der Waals surface area contributed by atoms with Gasteiger partial charge in [-0.3, -0.25) is 0 Å². The van der Waals surface area contributed by atoms with E-state index in [1.165, 1.54) is 55.4 Å². The van der Waals surface area contributed by atoms with Crippen molar-refractivity contribution < 1.29 is 24.6 Å². The molecular formula is C20H16BN3O5. The summed E-state index contributed by atoms with van der Waals surface area (Å²) in [7, 11) is 0. The van der Waals surface area contributed by atoms with Crippen LogP contribution in [0.5, 0.6) is 5.75 Å². The van der Waals surface area contributed by atoms with E-state index in [4.69, 9.17) is 10.8 Å². The molecule has 0 saturated carbocycles. The molecule has 0 atom stereocenters. The third-order valence-corrected chi connectivity index (χ3v) is 4.06. The maximum absolute atomic E-state index is 12.3. The van der Waals surface area contributed by atoms with Crippen molar-refractivity contribution >= 4 is 41.8 Å². The van der Waals surface area contributed by atoms with Gasteiger partial charge in [0.15, 0.2) is 0 Å². The summed E-state index contributed by atoms with van der Waals surface area (Å²) in [5, 5.41) is 24.0. The molecule has 0 aliphatic rings. The first-order chi connectivity index (χ1) is 13.8. The van der Waals surface area contributed by atoms with Crippen LogP contribution < -0.4 is 16.4 Å². The zero-order valence-corrected chi connectivity index (χ0v) is 15.0. The molecular weight excluding hydrogens is 373 g/mol. The Balaban J connectivity index is 1.65. The van der Waals surface area contributed by atoms with Gasteiger partial charge in [0.1, 0.15) is 0 Å². The molecule has 9 heteroatoms. The van der Waals surface area contributed by atoms with E-state index in [2.05, 4.69) is 10.6 Å². The molecule has 1 aromatic heterocycles. The van der Waals surface area contributed by atoms with Crippen molar-refractivity contribution in [3.63, 3.8) is 0 Å². The Labute approximate surface area is 166 Å². The Morgan fingerprint density at radius 2 is 1.52 bits per heavy atom. The van der Waals surface area contributed by atoms with E-state index in [1.807, 2.05) is 0 Å². The van der Waals surface area contributed by atoms with Gasteiger partial charge in [-0.25, -0.2) is 0 Å². The van der Waals surface area contributed by atoms with Crippen LogP contribution in [0.2, 0.25) is 0 Å². The number of anilines is 3. The number of aromatic hydroxyl groups is 1. The van der Waals surface area contributed by atoms with Crippen molar-refractivity contribution in [1.29, 1.82) is 0 Å². The molecule has 0 bridgehead atoms. The second kappa shape index (κ2) is 8.26. The number of aromatic carboxylic acids is 1. The predicted octanol–water partition coefficient (Wildman–Crippen LogP) is 2.52. The minimum absolute atomic E-state index is 0.0748. The van der Waals surface area contributed by atoms with E-state index >= 15 is 0 Å². The number of carboxylic acids is 1. The van der Waals surface area contributed by atoms with Crippen molar-refractivity contribution in [2.45, 2.75) is 0 Å². The number of carboxylic acid groups (broad SMARTS) is 1. The first-order valence-electron chi connectivity index (χ1n) is 8.48. The van der Waals surface area contributed by atoms with Crippen LogP contribution in [0.3, 0.4) is 0 Å². The van der Waals surface area contributed by atoms with Gasteiger partial charge < -0.3 is 0 Å². The Morgan fingerprint density at radius 1 is 0.862 bits per heavy atom. The maximum atomic E-state index is 12.3. The van der Waals surface area contributed by atoms with E-state index < -0.39 is 11.9 Å². The van der Waals surface area contributed by atoms with Gasteiger partial charge in [-0.15, -0.1) is 0 Å². The number of nitrogen functional groups attached to an aromatic ring is 1. The number of nitrogens with one attached hydrogen (secondary N) is 2. The summed E-state index contributed by atoms with van der Waals surface area (Å²) in [6, 6.07) is 13.1. The number of benzene rings is 2. The standard InChI is InChI=1S/C20H16BN3O5/c22-12-3-7-15(17(25)9-12)18(26)24-14-6-8-16(21-10-14)19(27)23-13-4-1-11(2-5-13)20(28)29/h1-10,25H,22H2,(H,23,27)(H,24,26)(H,28,29). The molecule has 8 nitrogen and oxygen atoms in total. The summed E-state index contributed by atoms with van der Waals surface area (Å²) in [6.07, 6.45) is 0. The van der Waals surface area contributed by atoms with Crippen LogP contribution in [-0.2, 0) is 0 Å². The molecule has 0 aliphatic carbocycles. The topological polar surface area (TPSA) is 142 Å². The van der Waals surface area contributed by atoms with Gasteiger partial charge in [-0.1, -0.05) is 0 Å². The molecule has 2 amide bonds. The van der Waals surface area contributed by atoms with E-state index in [0.717, 1.165) is 0 Å². The summed E-state index contributed by atoms with van der Waals surface area (Å²) < 4.78 is 0. The zero-order chi connectivity index (χ0) is 21.0. The van der Waals surface area contributed by atoms with Crippen LogP contribution in [-0.4, -0.2) is 34.9 Å². The van der Waals surface area contributed by atoms with Gasteiger partial charge in [0.05, 0.1) is 0 Å². The minimum atomic E-state index is -1.05. The van der Waals surface area contributed by atoms with Crippen LogP contribution in [0.15, 0.2) is 60.6 Å². The molecule has 0 aliphatic heterocycles. The molecule has 144 valence electrons. The molecule has 0 fully saturated rings. The van der Waals surface area contributed by atoms with E-state index in [9.17, 15) is 19.5 Å². The molecule has 0 saturated heterocycles. The summed E-state index contributed by atoms with van der Waals surface area (Å²) in [4.78, 5) is 35.4. The summed E-state index contributed by atoms with van der Waals surface area (Å²) in [5.74, 6) is -0.630. The third-order valence-electron chi connectivity index (χ3n) is 4.06. The Bertz CT molecular complexity index is 1080. The molecule has 0 radical (unpaired) electrons. The second-order valence-corrected chi connectivity index (χ2v) is 6.14. The van der Waals surface area contributed by atoms with Gasteiger partial charge >= 0.3 is 166 Å².